The summed E-state index contributed by atoms with van der Waals surface area (Å²) >= 11 is 27.7. The molecule has 0 aliphatic heterocycles. The SMILES string of the molecule is CCCCCCCCCCCCCCCC[N+](C)(C)C.[O-]c1c(Cl)c(Cl)c(Cl)c(Cl)c1Cl. The van der Waals surface area contributed by atoms with Crippen LogP contribution in [-0.4, -0.2) is 32.2 Å². The van der Waals surface area contributed by atoms with Crippen LogP contribution in [0.4, 0.5) is 0 Å². The summed E-state index contributed by atoms with van der Waals surface area (Å²) in [6.07, 6.45) is 20.4. The first kappa shape index (κ1) is 32.4. The van der Waals surface area contributed by atoms with Gasteiger partial charge in [0.05, 0.1) is 52.8 Å². The van der Waals surface area contributed by atoms with Gasteiger partial charge in [-0.05, 0) is 12.8 Å². The van der Waals surface area contributed by atoms with Crippen molar-refractivity contribution in [1.29, 1.82) is 0 Å². The minimum atomic E-state index is -0.613. The molecular weight excluding hydrogens is 508 g/mol. The second kappa shape index (κ2) is 18.7. The molecule has 0 amide bonds. The van der Waals surface area contributed by atoms with Gasteiger partial charge >= 0.3 is 0 Å². The number of hydrogen-bond donors (Lipinski definition) is 0. The zero-order chi connectivity index (χ0) is 24.6. The van der Waals surface area contributed by atoms with E-state index in [0.717, 1.165) is 4.48 Å². The largest absolute Gasteiger partial charge is 0.870 e. The first-order chi connectivity index (χ1) is 15.0. The van der Waals surface area contributed by atoms with Crippen LogP contribution in [0.1, 0.15) is 96.8 Å². The van der Waals surface area contributed by atoms with Crippen molar-refractivity contribution in [2.45, 2.75) is 96.8 Å². The molecule has 0 spiro atoms. The van der Waals surface area contributed by atoms with Gasteiger partial charge in [-0.15, -0.1) is 0 Å². The van der Waals surface area contributed by atoms with Gasteiger partial charge in [0.2, 0.25) is 0 Å². The average molecular weight is 550 g/mol. The summed E-state index contributed by atoms with van der Waals surface area (Å²) in [4.78, 5) is 0. The predicted octanol–water partition coefficient (Wildman–Crippen LogP) is 10.2. The van der Waals surface area contributed by atoms with Crippen molar-refractivity contribution in [3.05, 3.63) is 25.1 Å². The Morgan fingerprint density at radius 2 is 0.781 bits per heavy atom. The predicted molar refractivity (Wildman–Crippen MR) is 144 cm³/mol. The lowest BCUT2D eigenvalue weighted by atomic mass is 10.0. The summed E-state index contributed by atoms with van der Waals surface area (Å²) < 4.78 is 1.12. The second-order valence-corrected chi connectivity index (χ2v) is 11.4. The van der Waals surface area contributed by atoms with Gasteiger partial charge in [0.15, 0.2) is 0 Å². The van der Waals surface area contributed by atoms with E-state index in [1.165, 1.54) is 96.4 Å². The molecule has 0 saturated heterocycles. The standard InChI is InChI=1S/C19H42N.C6HCl5O/c1-5-6-7-8-9-10-11-12-13-14-15-16-17-18-19-20(2,3)4;7-1-2(8)4(10)6(12)5(11)3(1)9/h5-19H2,1-4H3;12H/q+1;/p-1. The smallest absolute Gasteiger partial charge is 0.0808 e. The molecule has 1 aromatic carbocycles. The van der Waals surface area contributed by atoms with Crippen molar-refractivity contribution < 1.29 is 9.59 Å². The quantitative estimate of drug-likeness (QED) is 0.0923. The molecule has 7 heteroatoms. The van der Waals surface area contributed by atoms with Gasteiger partial charge in [0.1, 0.15) is 0 Å². The van der Waals surface area contributed by atoms with Crippen molar-refractivity contribution in [3.63, 3.8) is 0 Å². The third kappa shape index (κ3) is 15.4. The number of hydrogen-bond acceptors (Lipinski definition) is 1. The van der Waals surface area contributed by atoms with Crippen LogP contribution in [0.3, 0.4) is 0 Å². The molecule has 0 saturated carbocycles. The van der Waals surface area contributed by atoms with E-state index in [-0.39, 0.29) is 25.1 Å². The van der Waals surface area contributed by atoms with Crippen LogP contribution in [0.2, 0.25) is 25.1 Å². The highest BCUT2D eigenvalue weighted by Gasteiger charge is 2.13. The lowest BCUT2D eigenvalue weighted by molar-refractivity contribution is -0.870. The van der Waals surface area contributed by atoms with E-state index in [0.29, 0.717) is 0 Å². The summed E-state index contributed by atoms with van der Waals surface area (Å²) in [6, 6.07) is 0. The maximum absolute atomic E-state index is 11.1. The molecule has 0 aliphatic rings. The molecule has 0 heterocycles. The molecule has 0 bridgehead atoms. The van der Waals surface area contributed by atoms with E-state index in [4.69, 9.17) is 58.0 Å². The number of quaternary nitrogens is 1. The molecule has 188 valence electrons. The third-order valence-corrected chi connectivity index (χ3v) is 7.59. The van der Waals surface area contributed by atoms with Gasteiger partial charge in [-0.3, -0.25) is 0 Å². The average Bonchev–Trinajstić information content (AvgIpc) is 2.75. The highest BCUT2D eigenvalue weighted by Crippen LogP contribution is 2.46. The van der Waals surface area contributed by atoms with Crippen molar-refractivity contribution in [3.8, 4) is 5.75 Å². The monoisotopic (exact) mass is 547 g/mol. The lowest BCUT2D eigenvalue weighted by Gasteiger charge is -2.23. The molecule has 1 aromatic rings. The summed E-state index contributed by atoms with van der Waals surface area (Å²) in [5.41, 5.74) is 0. The van der Waals surface area contributed by atoms with E-state index in [1.807, 2.05) is 0 Å². The molecule has 2 nitrogen and oxygen atoms in total. The Hall–Kier alpha value is 0.430. The topological polar surface area (TPSA) is 23.1 Å². The van der Waals surface area contributed by atoms with Gasteiger partial charge in [-0.1, -0.05) is 148 Å². The van der Waals surface area contributed by atoms with E-state index in [2.05, 4.69) is 28.1 Å². The fourth-order valence-corrected chi connectivity index (χ4v) is 4.49. The Kier molecular flexibility index (Phi) is 19.0. The molecule has 1 rings (SSSR count). The van der Waals surface area contributed by atoms with Gasteiger partial charge in [-0.25, -0.2) is 0 Å². The number of nitrogens with zero attached hydrogens (tertiary/aromatic N) is 1. The van der Waals surface area contributed by atoms with Crippen molar-refractivity contribution >= 4 is 58.0 Å². The van der Waals surface area contributed by atoms with Gasteiger partial charge in [-0.2, -0.15) is 0 Å². The molecule has 0 aromatic heterocycles. The van der Waals surface area contributed by atoms with E-state index in [9.17, 15) is 5.11 Å². The molecule has 32 heavy (non-hydrogen) atoms. The van der Waals surface area contributed by atoms with E-state index >= 15 is 0 Å². The molecule has 0 atom stereocenters. The lowest BCUT2D eigenvalue weighted by Crippen LogP contribution is -2.35. The van der Waals surface area contributed by atoms with Crippen LogP contribution in [0.25, 0.3) is 0 Å². The zero-order valence-electron chi connectivity index (χ0n) is 20.4. The van der Waals surface area contributed by atoms with Crippen molar-refractivity contribution in [2.75, 3.05) is 27.7 Å². The highest BCUT2D eigenvalue weighted by molar-refractivity contribution is 6.55. The number of halogens is 5. The van der Waals surface area contributed by atoms with Crippen molar-refractivity contribution in [1.82, 2.24) is 0 Å². The first-order valence-electron chi connectivity index (χ1n) is 12.0. The Labute approximate surface area is 222 Å². The van der Waals surface area contributed by atoms with Crippen LogP contribution in [0, 0.1) is 0 Å². The Balaban J connectivity index is 0.000000677. The summed E-state index contributed by atoms with van der Waals surface area (Å²) in [7, 11) is 6.88. The fraction of sp³-hybridized carbons (Fsp3) is 0.760. The Morgan fingerprint density at radius 1 is 0.500 bits per heavy atom. The third-order valence-electron chi connectivity index (χ3n) is 5.35. The van der Waals surface area contributed by atoms with E-state index < -0.39 is 5.75 Å². The highest BCUT2D eigenvalue weighted by atomic mass is 35.5. The van der Waals surface area contributed by atoms with Gasteiger partial charge < -0.3 is 9.59 Å². The normalized spacial score (nSPS) is 11.4. The van der Waals surface area contributed by atoms with Crippen molar-refractivity contribution in [2.24, 2.45) is 0 Å². The molecule has 0 unspecified atom stereocenters. The minimum Gasteiger partial charge on any atom is -0.870 e. The molecular formula is C25H42Cl5NO. The molecule has 0 radical (unpaired) electrons. The minimum absolute atomic E-state index is 0.00654. The second-order valence-electron chi connectivity index (χ2n) is 9.51. The molecule has 0 aliphatic carbocycles. The van der Waals surface area contributed by atoms with Crippen LogP contribution < -0.4 is 5.11 Å². The Morgan fingerprint density at radius 3 is 1.09 bits per heavy atom. The van der Waals surface area contributed by atoms with E-state index in [1.54, 1.807) is 0 Å². The summed E-state index contributed by atoms with van der Waals surface area (Å²) in [5.74, 6) is -0.613. The number of benzene rings is 1. The Bertz CT molecular complexity index is 527. The first-order valence-corrected chi connectivity index (χ1v) is 13.9. The fourth-order valence-electron chi connectivity index (χ4n) is 3.37. The maximum Gasteiger partial charge on any atom is 0.0808 e. The van der Waals surface area contributed by atoms with Crippen LogP contribution in [0.5, 0.6) is 5.75 Å². The number of unbranched alkanes of at least 4 members (excludes halogenated alkanes) is 13. The van der Waals surface area contributed by atoms with Crippen LogP contribution in [-0.2, 0) is 0 Å². The summed E-state index contributed by atoms with van der Waals surface area (Å²) in [5, 5.41) is 10.5. The number of rotatable bonds is 15. The maximum atomic E-state index is 11.1. The summed E-state index contributed by atoms with van der Waals surface area (Å²) in [6.45, 7) is 3.63. The van der Waals surface area contributed by atoms with Gasteiger partial charge in [0, 0.05) is 0 Å². The zero-order valence-corrected chi connectivity index (χ0v) is 24.1. The van der Waals surface area contributed by atoms with Crippen LogP contribution in [0.15, 0.2) is 0 Å². The van der Waals surface area contributed by atoms with Gasteiger partial charge in [0.25, 0.3) is 0 Å². The molecule has 0 fully saturated rings. The van der Waals surface area contributed by atoms with Crippen LogP contribution >= 0.6 is 58.0 Å². The molecule has 0 N–H and O–H groups in total.